The Labute approximate surface area is 117 Å². The predicted molar refractivity (Wildman–Crippen MR) is 72.7 cm³/mol. The van der Waals surface area contributed by atoms with Gasteiger partial charge in [0.1, 0.15) is 5.82 Å². The molecule has 20 heavy (non-hydrogen) atoms. The molecule has 5 heteroatoms. The van der Waals surface area contributed by atoms with Crippen molar-refractivity contribution in [2.75, 3.05) is 5.32 Å². The minimum atomic E-state index is -0.930. The van der Waals surface area contributed by atoms with Crippen molar-refractivity contribution >= 4 is 17.6 Å². The van der Waals surface area contributed by atoms with Crippen molar-refractivity contribution in [2.24, 2.45) is 17.8 Å². The van der Waals surface area contributed by atoms with Gasteiger partial charge in [-0.1, -0.05) is 19.4 Å². The van der Waals surface area contributed by atoms with Crippen molar-refractivity contribution in [3.63, 3.8) is 0 Å². The summed E-state index contributed by atoms with van der Waals surface area (Å²) < 4.78 is 13.1. The van der Waals surface area contributed by atoms with E-state index in [1.807, 2.05) is 6.92 Å². The number of benzene rings is 1. The molecule has 108 valence electrons. The van der Waals surface area contributed by atoms with Crippen LogP contribution in [0.1, 0.15) is 26.2 Å². The van der Waals surface area contributed by atoms with Crippen LogP contribution in [0.5, 0.6) is 0 Å². The Hall–Kier alpha value is -1.91. The van der Waals surface area contributed by atoms with Gasteiger partial charge in [0.15, 0.2) is 0 Å². The van der Waals surface area contributed by atoms with Gasteiger partial charge in [-0.2, -0.15) is 0 Å². The molecule has 1 unspecified atom stereocenters. The van der Waals surface area contributed by atoms with E-state index in [1.54, 1.807) is 6.07 Å². The average molecular weight is 279 g/mol. The van der Waals surface area contributed by atoms with E-state index < -0.39 is 23.6 Å². The number of carboxylic acids is 1. The first kappa shape index (κ1) is 14.5. The molecular weight excluding hydrogens is 261 g/mol. The quantitative estimate of drug-likeness (QED) is 0.890. The number of amides is 1. The molecule has 0 aliphatic heterocycles. The largest absolute Gasteiger partial charge is 0.481 e. The summed E-state index contributed by atoms with van der Waals surface area (Å²) in [5, 5.41) is 11.8. The second kappa shape index (κ2) is 6.03. The Morgan fingerprint density at radius 1 is 1.35 bits per heavy atom. The van der Waals surface area contributed by atoms with Gasteiger partial charge in [-0.15, -0.1) is 0 Å². The summed E-state index contributed by atoms with van der Waals surface area (Å²) in [4.78, 5) is 23.4. The Kier molecular flexibility index (Phi) is 4.37. The molecule has 2 N–H and O–H groups in total. The Bertz CT molecular complexity index is 518. The zero-order valence-corrected chi connectivity index (χ0v) is 11.3. The second-order valence-corrected chi connectivity index (χ2v) is 5.30. The first-order valence-corrected chi connectivity index (χ1v) is 6.80. The molecule has 4 nitrogen and oxygen atoms in total. The van der Waals surface area contributed by atoms with Crippen LogP contribution >= 0.6 is 0 Å². The van der Waals surface area contributed by atoms with E-state index in [-0.39, 0.29) is 11.8 Å². The molecule has 1 aliphatic carbocycles. The summed E-state index contributed by atoms with van der Waals surface area (Å²) in [6.45, 7) is 2.00. The fraction of sp³-hybridized carbons (Fsp3) is 0.467. The molecule has 0 radical (unpaired) electrons. The standard InChI is InChI=1S/C15H18FNO3/c1-2-9-6-12(13(7-9)15(19)20)14(18)17-11-5-3-4-10(16)8-11/h3-5,8-9,12-13H,2,6-7H2,1H3,(H,17,18)(H,19,20)/t9?,12-,13+/m0/s1. The fourth-order valence-electron chi connectivity index (χ4n) is 2.84. The monoisotopic (exact) mass is 279 g/mol. The van der Waals surface area contributed by atoms with Crippen LogP contribution in [0, 0.1) is 23.6 Å². The average Bonchev–Trinajstić information content (AvgIpc) is 2.83. The molecule has 1 aromatic rings. The maximum Gasteiger partial charge on any atom is 0.307 e. The van der Waals surface area contributed by atoms with Gasteiger partial charge in [-0.05, 0) is 37.0 Å². The van der Waals surface area contributed by atoms with Crippen molar-refractivity contribution in [1.29, 1.82) is 0 Å². The van der Waals surface area contributed by atoms with E-state index in [2.05, 4.69) is 5.32 Å². The first-order chi connectivity index (χ1) is 9.51. The smallest absolute Gasteiger partial charge is 0.307 e. The highest BCUT2D eigenvalue weighted by molar-refractivity contribution is 5.95. The zero-order valence-electron chi connectivity index (χ0n) is 11.3. The maximum atomic E-state index is 13.1. The van der Waals surface area contributed by atoms with E-state index in [4.69, 9.17) is 0 Å². The molecule has 0 bridgehead atoms. The molecule has 0 saturated heterocycles. The normalized spacial score (nSPS) is 25.4. The number of halogens is 1. The lowest BCUT2D eigenvalue weighted by atomic mass is 9.95. The number of nitrogens with one attached hydrogen (secondary N) is 1. The predicted octanol–water partition coefficient (Wildman–Crippen LogP) is 2.90. The molecule has 0 aromatic heterocycles. The number of carboxylic acid groups (broad SMARTS) is 1. The van der Waals surface area contributed by atoms with Gasteiger partial charge in [0.2, 0.25) is 5.91 Å². The van der Waals surface area contributed by atoms with Gasteiger partial charge < -0.3 is 10.4 Å². The topological polar surface area (TPSA) is 66.4 Å². The third-order valence-corrected chi connectivity index (χ3v) is 3.98. The molecule has 1 fully saturated rings. The van der Waals surface area contributed by atoms with Crippen LogP contribution in [-0.2, 0) is 9.59 Å². The van der Waals surface area contributed by atoms with Crippen LogP contribution in [0.3, 0.4) is 0 Å². The fourth-order valence-corrected chi connectivity index (χ4v) is 2.84. The molecular formula is C15H18FNO3. The van der Waals surface area contributed by atoms with E-state index >= 15 is 0 Å². The SMILES string of the molecule is CCC1C[C@H](C(=O)Nc2cccc(F)c2)[C@H](C(=O)O)C1. The highest BCUT2D eigenvalue weighted by Crippen LogP contribution is 2.39. The number of anilines is 1. The molecule has 1 saturated carbocycles. The lowest BCUT2D eigenvalue weighted by Crippen LogP contribution is -2.30. The van der Waals surface area contributed by atoms with Gasteiger partial charge >= 0.3 is 5.97 Å². The number of hydrogen-bond acceptors (Lipinski definition) is 2. The maximum absolute atomic E-state index is 13.1. The van der Waals surface area contributed by atoms with Crippen molar-refractivity contribution in [3.8, 4) is 0 Å². The van der Waals surface area contributed by atoms with Crippen LogP contribution in [0.15, 0.2) is 24.3 Å². The third kappa shape index (κ3) is 3.15. The number of aliphatic carboxylic acids is 1. The Morgan fingerprint density at radius 2 is 2.05 bits per heavy atom. The summed E-state index contributed by atoms with van der Waals surface area (Å²) in [6, 6.07) is 5.60. The number of carbonyl (C=O) groups excluding carboxylic acids is 1. The molecule has 3 atom stereocenters. The summed E-state index contributed by atoms with van der Waals surface area (Å²) in [6.07, 6.45) is 1.98. The van der Waals surface area contributed by atoms with Gasteiger partial charge in [0.25, 0.3) is 0 Å². The van der Waals surface area contributed by atoms with Crippen LogP contribution in [0.2, 0.25) is 0 Å². The Morgan fingerprint density at radius 3 is 2.65 bits per heavy atom. The molecule has 0 spiro atoms. The van der Waals surface area contributed by atoms with Crippen LogP contribution < -0.4 is 5.32 Å². The molecule has 0 heterocycles. The van der Waals surface area contributed by atoms with Gasteiger partial charge in [-0.25, -0.2) is 4.39 Å². The summed E-state index contributed by atoms with van der Waals surface area (Å²) in [7, 11) is 0. The van der Waals surface area contributed by atoms with Gasteiger partial charge in [0, 0.05) is 5.69 Å². The molecule has 2 rings (SSSR count). The second-order valence-electron chi connectivity index (χ2n) is 5.30. The van der Waals surface area contributed by atoms with E-state index in [0.717, 1.165) is 6.42 Å². The van der Waals surface area contributed by atoms with Crippen molar-refractivity contribution in [3.05, 3.63) is 30.1 Å². The summed E-state index contributed by atoms with van der Waals surface area (Å²) >= 11 is 0. The first-order valence-electron chi connectivity index (χ1n) is 6.80. The minimum absolute atomic E-state index is 0.263. The van der Waals surface area contributed by atoms with Gasteiger partial charge in [0.05, 0.1) is 11.8 Å². The number of hydrogen-bond donors (Lipinski definition) is 2. The lowest BCUT2D eigenvalue weighted by molar-refractivity contribution is -0.145. The summed E-state index contributed by atoms with van der Waals surface area (Å²) in [5.74, 6) is -2.62. The van der Waals surface area contributed by atoms with E-state index in [1.165, 1.54) is 18.2 Å². The zero-order chi connectivity index (χ0) is 14.7. The minimum Gasteiger partial charge on any atom is -0.481 e. The van der Waals surface area contributed by atoms with E-state index in [0.29, 0.717) is 18.5 Å². The molecule has 1 aromatic carbocycles. The highest BCUT2D eigenvalue weighted by Gasteiger charge is 2.42. The highest BCUT2D eigenvalue weighted by atomic mass is 19.1. The third-order valence-electron chi connectivity index (χ3n) is 3.98. The van der Waals surface area contributed by atoms with Crippen LogP contribution in [0.4, 0.5) is 10.1 Å². The lowest BCUT2D eigenvalue weighted by Gasteiger charge is -2.15. The summed E-state index contributed by atoms with van der Waals surface area (Å²) in [5.41, 5.74) is 0.360. The van der Waals surface area contributed by atoms with Crippen LogP contribution in [0.25, 0.3) is 0 Å². The van der Waals surface area contributed by atoms with Crippen molar-refractivity contribution in [2.45, 2.75) is 26.2 Å². The Balaban J connectivity index is 2.09. The number of rotatable bonds is 4. The molecule has 1 aliphatic rings. The van der Waals surface area contributed by atoms with Crippen molar-refractivity contribution in [1.82, 2.24) is 0 Å². The van der Waals surface area contributed by atoms with E-state index in [9.17, 15) is 19.1 Å². The van der Waals surface area contributed by atoms with Crippen molar-refractivity contribution < 1.29 is 19.1 Å². The van der Waals surface area contributed by atoms with Gasteiger partial charge in [-0.3, -0.25) is 9.59 Å². The number of carbonyl (C=O) groups is 2. The molecule has 1 amide bonds. The van der Waals surface area contributed by atoms with Crippen LogP contribution in [-0.4, -0.2) is 17.0 Å².